The summed E-state index contributed by atoms with van der Waals surface area (Å²) in [5, 5.41) is 0. The molecule has 0 bridgehead atoms. The fourth-order valence-corrected chi connectivity index (χ4v) is 3.16. The number of hydrogen-bond acceptors (Lipinski definition) is 4. The molecule has 118 valence electrons. The van der Waals surface area contributed by atoms with Crippen LogP contribution in [0.3, 0.4) is 0 Å². The lowest BCUT2D eigenvalue weighted by Gasteiger charge is -2.24. The zero-order chi connectivity index (χ0) is 15.5. The van der Waals surface area contributed by atoms with Gasteiger partial charge in [-0.25, -0.2) is 9.97 Å². The lowest BCUT2D eigenvalue weighted by atomic mass is 10.1. The van der Waals surface area contributed by atoms with Gasteiger partial charge in [-0.15, -0.1) is 0 Å². The Kier molecular flexibility index (Phi) is 4.55. The molecule has 2 aromatic heterocycles. The van der Waals surface area contributed by atoms with Gasteiger partial charge in [-0.2, -0.15) is 0 Å². The average Bonchev–Trinajstić information content (AvgIpc) is 3.13. The van der Waals surface area contributed by atoms with Crippen molar-refractivity contribution >= 4 is 0 Å². The van der Waals surface area contributed by atoms with Crippen LogP contribution in [0, 0.1) is 6.92 Å². The third-order valence-corrected chi connectivity index (χ3v) is 4.54. The number of imidazole rings is 1. The summed E-state index contributed by atoms with van der Waals surface area (Å²) in [6, 6.07) is 6.72. The van der Waals surface area contributed by atoms with Crippen LogP contribution in [0.5, 0.6) is 0 Å². The Balaban J connectivity index is 1.86. The first kappa shape index (κ1) is 15.2. The predicted molar refractivity (Wildman–Crippen MR) is 86.6 cm³/mol. The highest BCUT2D eigenvalue weighted by atomic mass is 16.5. The molecule has 1 aliphatic heterocycles. The number of nitrogens with zero attached hydrogens (tertiary/aromatic N) is 4. The highest BCUT2D eigenvalue weighted by Gasteiger charge is 2.26. The maximum absolute atomic E-state index is 5.23. The third kappa shape index (κ3) is 2.91. The van der Waals surface area contributed by atoms with E-state index in [1.165, 1.54) is 12.8 Å². The van der Waals surface area contributed by atoms with Crippen LogP contribution in [-0.2, 0) is 11.8 Å². The molecule has 1 atom stereocenters. The van der Waals surface area contributed by atoms with Crippen LogP contribution in [0.25, 0.3) is 11.4 Å². The predicted octanol–water partition coefficient (Wildman–Crippen LogP) is 2.57. The fourth-order valence-electron chi connectivity index (χ4n) is 3.16. The topological polar surface area (TPSA) is 43.2 Å². The monoisotopic (exact) mass is 300 g/mol. The first-order valence-electron chi connectivity index (χ1n) is 7.89. The molecule has 5 heteroatoms. The van der Waals surface area contributed by atoms with Gasteiger partial charge < -0.3 is 9.30 Å². The number of hydrogen-bond donors (Lipinski definition) is 0. The van der Waals surface area contributed by atoms with Gasteiger partial charge in [0, 0.05) is 20.7 Å². The quantitative estimate of drug-likeness (QED) is 0.851. The van der Waals surface area contributed by atoms with Crippen LogP contribution in [-0.4, -0.2) is 46.2 Å². The third-order valence-electron chi connectivity index (χ3n) is 4.54. The van der Waals surface area contributed by atoms with Crippen molar-refractivity contribution in [2.45, 2.75) is 25.8 Å². The average molecular weight is 300 g/mol. The van der Waals surface area contributed by atoms with Gasteiger partial charge in [0.1, 0.15) is 5.82 Å². The van der Waals surface area contributed by atoms with Gasteiger partial charge in [0.2, 0.25) is 0 Å². The van der Waals surface area contributed by atoms with E-state index in [4.69, 9.17) is 9.72 Å². The van der Waals surface area contributed by atoms with E-state index >= 15 is 0 Å². The molecule has 1 fully saturated rings. The molecule has 1 aliphatic rings. The summed E-state index contributed by atoms with van der Waals surface area (Å²) in [6.45, 7) is 4.89. The molecule has 2 aromatic rings. The molecule has 0 radical (unpaired) electrons. The Morgan fingerprint density at radius 3 is 2.95 bits per heavy atom. The lowest BCUT2D eigenvalue weighted by Crippen LogP contribution is -2.27. The van der Waals surface area contributed by atoms with Gasteiger partial charge in [-0.05, 0) is 38.4 Å². The largest absolute Gasteiger partial charge is 0.383 e. The molecule has 0 amide bonds. The van der Waals surface area contributed by atoms with Gasteiger partial charge >= 0.3 is 0 Å². The zero-order valence-electron chi connectivity index (χ0n) is 13.6. The Morgan fingerprint density at radius 2 is 2.23 bits per heavy atom. The lowest BCUT2D eigenvalue weighted by molar-refractivity contribution is 0.140. The van der Waals surface area contributed by atoms with Crippen LogP contribution >= 0.6 is 0 Å². The van der Waals surface area contributed by atoms with Crippen molar-refractivity contribution in [2.75, 3.05) is 26.8 Å². The van der Waals surface area contributed by atoms with Crippen molar-refractivity contribution in [3.8, 4) is 11.4 Å². The van der Waals surface area contributed by atoms with E-state index in [2.05, 4.69) is 32.7 Å². The minimum absolute atomic E-state index is 0.407. The Labute approximate surface area is 131 Å². The Bertz CT molecular complexity index is 637. The van der Waals surface area contributed by atoms with Crippen molar-refractivity contribution in [3.05, 3.63) is 35.9 Å². The number of likely N-dealkylation sites (tertiary alicyclic amines) is 1. The van der Waals surface area contributed by atoms with E-state index in [1.807, 2.05) is 20.2 Å². The number of rotatable bonds is 5. The second kappa shape index (κ2) is 6.58. The number of methoxy groups -OCH3 is 1. The molecule has 5 nitrogen and oxygen atoms in total. The molecule has 22 heavy (non-hydrogen) atoms. The molecule has 3 rings (SSSR count). The summed E-state index contributed by atoms with van der Waals surface area (Å²) in [5.74, 6) is 1.00. The van der Waals surface area contributed by atoms with Gasteiger partial charge in [-0.3, -0.25) is 4.90 Å². The van der Waals surface area contributed by atoms with Gasteiger partial charge in [0.15, 0.2) is 0 Å². The minimum Gasteiger partial charge on any atom is -0.383 e. The van der Waals surface area contributed by atoms with Crippen LogP contribution < -0.4 is 0 Å². The molecule has 0 spiro atoms. The van der Waals surface area contributed by atoms with Crippen molar-refractivity contribution in [3.63, 3.8) is 0 Å². The molecule has 0 saturated carbocycles. The summed E-state index contributed by atoms with van der Waals surface area (Å²) in [4.78, 5) is 11.8. The molecule has 3 heterocycles. The second-order valence-electron chi connectivity index (χ2n) is 5.88. The summed E-state index contributed by atoms with van der Waals surface area (Å²) >= 11 is 0. The van der Waals surface area contributed by atoms with Crippen molar-refractivity contribution in [1.29, 1.82) is 0 Å². The van der Waals surface area contributed by atoms with E-state index in [0.29, 0.717) is 6.04 Å². The molecule has 0 aromatic carbocycles. The first-order chi connectivity index (χ1) is 10.7. The number of aryl methyl sites for hydroxylation is 1. The number of aromatic nitrogens is 3. The van der Waals surface area contributed by atoms with Crippen LogP contribution in [0.15, 0.2) is 24.4 Å². The van der Waals surface area contributed by atoms with E-state index in [-0.39, 0.29) is 0 Å². The van der Waals surface area contributed by atoms with E-state index in [9.17, 15) is 0 Å². The van der Waals surface area contributed by atoms with Gasteiger partial charge in [-0.1, -0.05) is 6.07 Å². The van der Waals surface area contributed by atoms with E-state index in [0.717, 1.165) is 42.6 Å². The molecule has 0 aliphatic carbocycles. The van der Waals surface area contributed by atoms with Crippen molar-refractivity contribution < 1.29 is 4.74 Å². The number of ether oxygens (including phenoxy) is 1. The standard InChI is InChI=1S/C17H24N4O/c1-13-18-12-17(20(13)2)15-7-4-6-14(19-15)16-8-5-9-21(16)10-11-22-3/h4,6-7,12,16H,5,8-11H2,1-3H3. The second-order valence-corrected chi connectivity index (χ2v) is 5.88. The van der Waals surface area contributed by atoms with Gasteiger partial charge in [0.25, 0.3) is 0 Å². The van der Waals surface area contributed by atoms with E-state index < -0.39 is 0 Å². The summed E-state index contributed by atoms with van der Waals surface area (Å²) in [5.41, 5.74) is 3.23. The SMILES string of the molecule is COCCN1CCCC1c1cccc(-c2cnc(C)n2C)n1. The maximum Gasteiger partial charge on any atom is 0.105 e. The van der Waals surface area contributed by atoms with E-state index in [1.54, 1.807) is 7.11 Å². The number of pyridine rings is 1. The maximum atomic E-state index is 5.23. The van der Waals surface area contributed by atoms with Gasteiger partial charge in [0.05, 0.1) is 35.9 Å². The smallest absolute Gasteiger partial charge is 0.105 e. The Hall–Kier alpha value is -1.72. The highest BCUT2D eigenvalue weighted by Crippen LogP contribution is 2.31. The summed E-state index contributed by atoms with van der Waals surface area (Å²) in [6.07, 6.45) is 4.30. The zero-order valence-corrected chi connectivity index (χ0v) is 13.6. The van der Waals surface area contributed by atoms with Crippen LogP contribution in [0.2, 0.25) is 0 Å². The molecular weight excluding hydrogens is 276 g/mol. The summed E-state index contributed by atoms with van der Waals surface area (Å²) < 4.78 is 7.31. The normalized spacial score (nSPS) is 19.0. The first-order valence-corrected chi connectivity index (χ1v) is 7.89. The molecule has 1 unspecified atom stereocenters. The van der Waals surface area contributed by atoms with Crippen LogP contribution in [0.4, 0.5) is 0 Å². The molecular formula is C17H24N4O. The highest BCUT2D eigenvalue weighted by molar-refractivity contribution is 5.54. The molecule has 0 N–H and O–H groups in total. The summed E-state index contributed by atoms with van der Waals surface area (Å²) in [7, 11) is 3.79. The minimum atomic E-state index is 0.407. The van der Waals surface area contributed by atoms with Crippen LogP contribution in [0.1, 0.15) is 30.4 Å². The fraction of sp³-hybridized carbons (Fsp3) is 0.529. The van der Waals surface area contributed by atoms with Crippen molar-refractivity contribution in [2.24, 2.45) is 7.05 Å². The Morgan fingerprint density at radius 1 is 1.36 bits per heavy atom. The molecule has 1 saturated heterocycles. The van der Waals surface area contributed by atoms with Crippen molar-refractivity contribution in [1.82, 2.24) is 19.4 Å².